The largest absolute Gasteiger partial charge is 0.468 e. The van der Waals surface area contributed by atoms with Gasteiger partial charge in [0.05, 0.1) is 12.8 Å². The van der Waals surface area contributed by atoms with Gasteiger partial charge in [0.15, 0.2) is 0 Å². The number of likely N-dealkylation sites (tertiary alicyclic amines) is 1. The Hall–Kier alpha value is -0.840. The molecule has 0 radical (unpaired) electrons. The third-order valence-corrected chi connectivity index (χ3v) is 3.47. The lowest BCUT2D eigenvalue weighted by Gasteiger charge is -2.26. The molecule has 17 heavy (non-hydrogen) atoms. The number of furan rings is 1. The molecule has 1 aliphatic heterocycles. The van der Waals surface area contributed by atoms with Crippen LogP contribution >= 0.6 is 0 Å². The Balaban J connectivity index is 1.97. The summed E-state index contributed by atoms with van der Waals surface area (Å²) in [5.41, 5.74) is 6.91. The highest BCUT2D eigenvalue weighted by Gasteiger charge is 2.25. The van der Waals surface area contributed by atoms with E-state index in [2.05, 4.69) is 23.9 Å². The molecule has 1 saturated heterocycles. The zero-order chi connectivity index (χ0) is 12.3. The fourth-order valence-electron chi connectivity index (χ4n) is 2.64. The van der Waals surface area contributed by atoms with Crippen molar-refractivity contribution < 1.29 is 4.42 Å². The van der Waals surface area contributed by atoms with Crippen molar-refractivity contribution in [3.8, 4) is 0 Å². The molecule has 4 heteroatoms. The van der Waals surface area contributed by atoms with Crippen molar-refractivity contribution in [2.24, 2.45) is 5.73 Å². The molecule has 2 N–H and O–H groups in total. The Morgan fingerprint density at radius 2 is 2.35 bits per heavy atom. The van der Waals surface area contributed by atoms with Crippen molar-refractivity contribution in [3.05, 3.63) is 23.7 Å². The molecule has 1 aliphatic rings. The first-order valence-corrected chi connectivity index (χ1v) is 6.34. The van der Waals surface area contributed by atoms with Crippen LogP contribution in [0.4, 0.5) is 0 Å². The molecule has 1 aromatic heterocycles. The van der Waals surface area contributed by atoms with Crippen LogP contribution in [0.15, 0.2) is 16.7 Å². The Kier molecular flexibility index (Phi) is 4.20. The lowest BCUT2D eigenvalue weighted by atomic mass is 10.2. The van der Waals surface area contributed by atoms with Gasteiger partial charge in [-0.15, -0.1) is 0 Å². The maximum absolute atomic E-state index is 5.66. The molecule has 0 saturated carbocycles. The number of nitrogens with two attached hydrogens (primary N) is 1. The normalized spacial score (nSPS) is 21.5. The van der Waals surface area contributed by atoms with E-state index in [-0.39, 0.29) is 0 Å². The Bertz CT molecular complexity index is 348. The third-order valence-electron chi connectivity index (χ3n) is 3.47. The molecule has 0 spiro atoms. The van der Waals surface area contributed by atoms with E-state index in [9.17, 15) is 0 Å². The van der Waals surface area contributed by atoms with Gasteiger partial charge in [-0.2, -0.15) is 0 Å². The summed E-state index contributed by atoms with van der Waals surface area (Å²) in [5.74, 6) is 0.931. The van der Waals surface area contributed by atoms with Crippen LogP contribution in [0.3, 0.4) is 0 Å². The topological polar surface area (TPSA) is 45.6 Å². The van der Waals surface area contributed by atoms with Gasteiger partial charge in [-0.3, -0.25) is 4.90 Å². The molecule has 0 bridgehead atoms. The molecule has 0 aliphatic carbocycles. The van der Waals surface area contributed by atoms with Crippen LogP contribution in [0.1, 0.15) is 24.2 Å². The van der Waals surface area contributed by atoms with E-state index >= 15 is 0 Å². The van der Waals surface area contributed by atoms with Gasteiger partial charge in [-0.05, 0) is 39.5 Å². The van der Waals surface area contributed by atoms with E-state index < -0.39 is 0 Å². The van der Waals surface area contributed by atoms with Gasteiger partial charge >= 0.3 is 0 Å². The van der Waals surface area contributed by atoms with Crippen LogP contribution in [0, 0.1) is 0 Å². The standard InChI is InChI=1S/C13H23N3O/c1-15(2)10-12-4-3-6-16(12)9-11-5-7-17-13(11)8-14/h5,7,12H,3-4,6,8-10,14H2,1-2H3. The number of nitrogens with zero attached hydrogens (tertiary/aromatic N) is 2. The van der Waals surface area contributed by atoms with Gasteiger partial charge in [0, 0.05) is 24.7 Å². The molecular formula is C13H23N3O. The molecule has 1 unspecified atom stereocenters. The second-order valence-corrected chi connectivity index (χ2v) is 5.10. The van der Waals surface area contributed by atoms with Crippen molar-refractivity contribution >= 4 is 0 Å². The molecule has 2 rings (SSSR count). The Morgan fingerprint density at radius 1 is 1.53 bits per heavy atom. The highest BCUT2D eigenvalue weighted by molar-refractivity contribution is 5.17. The molecule has 1 atom stereocenters. The Labute approximate surface area is 103 Å². The van der Waals surface area contributed by atoms with Crippen LogP contribution < -0.4 is 5.73 Å². The van der Waals surface area contributed by atoms with E-state index in [1.807, 2.05) is 6.07 Å². The van der Waals surface area contributed by atoms with Crippen LogP contribution in [0.25, 0.3) is 0 Å². The van der Waals surface area contributed by atoms with Crippen molar-refractivity contribution in [1.29, 1.82) is 0 Å². The molecule has 96 valence electrons. The second kappa shape index (κ2) is 5.67. The Morgan fingerprint density at radius 3 is 3.06 bits per heavy atom. The summed E-state index contributed by atoms with van der Waals surface area (Å²) in [6.45, 7) is 3.79. The van der Waals surface area contributed by atoms with Gasteiger partial charge in [0.2, 0.25) is 0 Å². The van der Waals surface area contributed by atoms with E-state index in [1.54, 1.807) is 6.26 Å². The average Bonchev–Trinajstić information content (AvgIpc) is 2.88. The van der Waals surface area contributed by atoms with Crippen molar-refractivity contribution in [1.82, 2.24) is 9.80 Å². The SMILES string of the molecule is CN(C)CC1CCCN1Cc1ccoc1CN. The van der Waals surface area contributed by atoms with Gasteiger partial charge in [0.25, 0.3) is 0 Å². The molecule has 1 fully saturated rings. The number of hydrogen-bond acceptors (Lipinski definition) is 4. The van der Waals surface area contributed by atoms with E-state index in [1.165, 1.54) is 24.9 Å². The molecule has 2 heterocycles. The van der Waals surface area contributed by atoms with E-state index in [0.717, 1.165) is 18.8 Å². The number of likely N-dealkylation sites (N-methyl/N-ethyl adjacent to an activating group) is 1. The molecule has 4 nitrogen and oxygen atoms in total. The number of hydrogen-bond donors (Lipinski definition) is 1. The predicted molar refractivity (Wildman–Crippen MR) is 68.6 cm³/mol. The van der Waals surface area contributed by atoms with E-state index in [4.69, 9.17) is 10.2 Å². The van der Waals surface area contributed by atoms with Crippen LogP contribution in [0.2, 0.25) is 0 Å². The van der Waals surface area contributed by atoms with Crippen LogP contribution in [0.5, 0.6) is 0 Å². The summed E-state index contributed by atoms with van der Waals surface area (Å²) in [6.07, 6.45) is 4.34. The summed E-state index contributed by atoms with van der Waals surface area (Å²) in [6, 6.07) is 2.72. The molecular weight excluding hydrogens is 214 g/mol. The summed E-state index contributed by atoms with van der Waals surface area (Å²) in [5, 5.41) is 0. The quantitative estimate of drug-likeness (QED) is 0.837. The zero-order valence-corrected chi connectivity index (χ0v) is 10.9. The highest BCUT2D eigenvalue weighted by Crippen LogP contribution is 2.22. The molecule has 1 aromatic rings. The average molecular weight is 237 g/mol. The smallest absolute Gasteiger partial charge is 0.121 e. The van der Waals surface area contributed by atoms with Gasteiger partial charge in [0.1, 0.15) is 5.76 Å². The lowest BCUT2D eigenvalue weighted by Crippen LogP contribution is -2.37. The van der Waals surface area contributed by atoms with Gasteiger partial charge in [-0.25, -0.2) is 0 Å². The monoisotopic (exact) mass is 237 g/mol. The second-order valence-electron chi connectivity index (χ2n) is 5.10. The first kappa shape index (κ1) is 12.6. The van der Waals surface area contributed by atoms with Crippen molar-refractivity contribution in [2.45, 2.75) is 32.0 Å². The predicted octanol–water partition coefficient (Wildman–Crippen LogP) is 1.26. The summed E-state index contributed by atoms with van der Waals surface area (Å²) >= 11 is 0. The summed E-state index contributed by atoms with van der Waals surface area (Å²) < 4.78 is 5.38. The highest BCUT2D eigenvalue weighted by atomic mass is 16.3. The minimum Gasteiger partial charge on any atom is -0.468 e. The van der Waals surface area contributed by atoms with Gasteiger partial charge in [-0.1, -0.05) is 0 Å². The minimum atomic E-state index is 0.495. The lowest BCUT2D eigenvalue weighted by molar-refractivity contribution is 0.200. The molecule has 0 amide bonds. The third kappa shape index (κ3) is 3.09. The maximum atomic E-state index is 5.66. The van der Waals surface area contributed by atoms with Crippen molar-refractivity contribution in [2.75, 3.05) is 27.2 Å². The summed E-state index contributed by atoms with van der Waals surface area (Å²) in [4.78, 5) is 4.81. The number of rotatable bonds is 5. The minimum absolute atomic E-state index is 0.495. The fraction of sp³-hybridized carbons (Fsp3) is 0.692. The zero-order valence-electron chi connectivity index (χ0n) is 10.9. The molecule has 0 aromatic carbocycles. The van der Waals surface area contributed by atoms with Crippen molar-refractivity contribution in [3.63, 3.8) is 0 Å². The fourth-order valence-corrected chi connectivity index (χ4v) is 2.64. The first-order valence-electron chi connectivity index (χ1n) is 6.34. The van der Waals surface area contributed by atoms with Crippen LogP contribution in [-0.2, 0) is 13.1 Å². The first-order chi connectivity index (χ1) is 8.20. The van der Waals surface area contributed by atoms with Crippen LogP contribution in [-0.4, -0.2) is 43.0 Å². The summed E-state index contributed by atoms with van der Waals surface area (Å²) in [7, 11) is 4.28. The van der Waals surface area contributed by atoms with E-state index in [0.29, 0.717) is 12.6 Å². The maximum Gasteiger partial charge on any atom is 0.121 e. The van der Waals surface area contributed by atoms with Gasteiger partial charge < -0.3 is 15.1 Å².